The van der Waals surface area contributed by atoms with Gasteiger partial charge < -0.3 is 9.47 Å². The van der Waals surface area contributed by atoms with Gasteiger partial charge in [0.15, 0.2) is 0 Å². The van der Waals surface area contributed by atoms with E-state index in [1.165, 1.54) is 0 Å². The number of hydrogen-bond donors (Lipinski definition) is 2. The van der Waals surface area contributed by atoms with Crippen LogP contribution >= 0.6 is 15.9 Å². The molecule has 0 radical (unpaired) electrons. The predicted octanol–water partition coefficient (Wildman–Crippen LogP) is 4.74. The van der Waals surface area contributed by atoms with Gasteiger partial charge in [-0.05, 0) is 84.6 Å². The molecule has 2 aromatic rings. The molecule has 2 aromatic carbocycles. The van der Waals surface area contributed by atoms with Crippen molar-refractivity contribution < 1.29 is 19.1 Å². The molecule has 0 aliphatic carbocycles. The standard InChI is InChI=1S/C22H27BrN2O4/c1-14(2)11-12-28-18-8-5-16(6-9-18)21(26)24-25-22(27)17-7-10-20(19(23)13-17)29-15(3)4/h5-10,13-15H,11-12H2,1-4H3,(H,24,26)(H,25,27). The molecular formula is C22H27BrN2O4. The average Bonchev–Trinajstić information content (AvgIpc) is 2.67. The number of hydrogen-bond acceptors (Lipinski definition) is 4. The third kappa shape index (κ3) is 7.42. The second kappa shape index (κ2) is 10.9. The predicted molar refractivity (Wildman–Crippen MR) is 116 cm³/mol. The van der Waals surface area contributed by atoms with Gasteiger partial charge >= 0.3 is 0 Å². The van der Waals surface area contributed by atoms with Crippen LogP contribution in [0.2, 0.25) is 0 Å². The van der Waals surface area contributed by atoms with E-state index >= 15 is 0 Å². The van der Waals surface area contributed by atoms with E-state index in [0.717, 1.165) is 6.42 Å². The fourth-order valence-electron chi connectivity index (χ4n) is 2.36. The molecule has 0 aliphatic rings. The van der Waals surface area contributed by atoms with Crippen LogP contribution < -0.4 is 20.3 Å². The van der Waals surface area contributed by atoms with Gasteiger partial charge in [0.1, 0.15) is 11.5 Å². The normalized spacial score (nSPS) is 10.7. The molecule has 2 N–H and O–H groups in total. The Kier molecular flexibility index (Phi) is 8.51. The maximum absolute atomic E-state index is 12.3. The maximum Gasteiger partial charge on any atom is 0.269 e. The van der Waals surface area contributed by atoms with Crippen LogP contribution in [0.3, 0.4) is 0 Å². The first-order valence-electron chi connectivity index (χ1n) is 9.56. The highest BCUT2D eigenvalue weighted by molar-refractivity contribution is 9.10. The van der Waals surface area contributed by atoms with Crippen LogP contribution in [0.1, 0.15) is 54.8 Å². The van der Waals surface area contributed by atoms with Gasteiger partial charge in [-0.1, -0.05) is 13.8 Å². The third-order valence-corrected chi connectivity index (χ3v) is 4.55. The van der Waals surface area contributed by atoms with Gasteiger partial charge in [0.2, 0.25) is 0 Å². The number of benzene rings is 2. The summed E-state index contributed by atoms with van der Waals surface area (Å²) in [6, 6.07) is 11.8. The molecule has 0 unspecified atom stereocenters. The molecule has 6 nitrogen and oxygen atoms in total. The smallest absolute Gasteiger partial charge is 0.269 e. The van der Waals surface area contributed by atoms with Crippen molar-refractivity contribution in [2.75, 3.05) is 6.61 Å². The maximum atomic E-state index is 12.3. The van der Waals surface area contributed by atoms with E-state index in [1.54, 1.807) is 42.5 Å². The van der Waals surface area contributed by atoms with Crippen molar-refractivity contribution in [3.8, 4) is 11.5 Å². The number of hydrazine groups is 1. The van der Waals surface area contributed by atoms with E-state index in [4.69, 9.17) is 9.47 Å². The highest BCUT2D eigenvalue weighted by atomic mass is 79.9. The molecule has 0 spiro atoms. The van der Waals surface area contributed by atoms with Crippen molar-refractivity contribution in [2.24, 2.45) is 5.92 Å². The molecule has 0 atom stereocenters. The average molecular weight is 463 g/mol. The molecule has 29 heavy (non-hydrogen) atoms. The number of carbonyl (C=O) groups excluding carboxylic acids is 2. The van der Waals surface area contributed by atoms with E-state index in [2.05, 4.69) is 40.6 Å². The lowest BCUT2D eigenvalue weighted by Gasteiger charge is -2.13. The molecule has 0 aliphatic heterocycles. The zero-order valence-electron chi connectivity index (χ0n) is 17.1. The number of halogens is 1. The lowest BCUT2D eigenvalue weighted by Crippen LogP contribution is -2.41. The molecular weight excluding hydrogens is 436 g/mol. The highest BCUT2D eigenvalue weighted by Crippen LogP contribution is 2.26. The van der Waals surface area contributed by atoms with Gasteiger partial charge in [-0.3, -0.25) is 20.4 Å². The fraction of sp³-hybridized carbons (Fsp3) is 0.364. The molecule has 0 saturated heterocycles. The van der Waals surface area contributed by atoms with Crippen LogP contribution in [0.4, 0.5) is 0 Å². The molecule has 0 fully saturated rings. The first kappa shape index (κ1) is 22.7. The summed E-state index contributed by atoms with van der Waals surface area (Å²) in [5.41, 5.74) is 5.64. The second-order valence-electron chi connectivity index (χ2n) is 7.28. The largest absolute Gasteiger partial charge is 0.494 e. The Bertz CT molecular complexity index is 835. The van der Waals surface area contributed by atoms with Crippen molar-refractivity contribution in [3.63, 3.8) is 0 Å². The Morgan fingerprint density at radius 1 is 0.931 bits per heavy atom. The summed E-state index contributed by atoms with van der Waals surface area (Å²) in [6.45, 7) is 8.75. The lowest BCUT2D eigenvalue weighted by atomic mass is 10.1. The van der Waals surface area contributed by atoms with Crippen molar-refractivity contribution >= 4 is 27.7 Å². The van der Waals surface area contributed by atoms with E-state index in [0.29, 0.717) is 39.6 Å². The van der Waals surface area contributed by atoms with Gasteiger partial charge in [-0.15, -0.1) is 0 Å². The first-order valence-corrected chi connectivity index (χ1v) is 10.3. The third-order valence-electron chi connectivity index (χ3n) is 3.93. The van der Waals surface area contributed by atoms with Gasteiger partial charge in [-0.2, -0.15) is 0 Å². The number of amides is 2. The Morgan fingerprint density at radius 3 is 2.07 bits per heavy atom. The molecule has 2 amide bonds. The van der Waals surface area contributed by atoms with Crippen molar-refractivity contribution in [3.05, 3.63) is 58.1 Å². The number of carbonyl (C=O) groups is 2. The molecule has 0 aromatic heterocycles. The number of nitrogens with one attached hydrogen (secondary N) is 2. The lowest BCUT2D eigenvalue weighted by molar-refractivity contribution is 0.0846. The summed E-state index contributed by atoms with van der Waals surface area (Å²) in [6.07, 6.45) is 0.992. The summed E-state index contributed by atoms with van der Waals surface area (Å²) in [7, 11) is 0. The molecule has 0 heterocycles. The van der Waals surface area contributed by atoms with E-state index < -0.39 is 11.8 Å². The van der Waals surface area contributed by atoms with Crippen molar-refractivity contribution in [2.45, 2.75) is 40.2 Å². The Morgan fingerprint density at radius 2 is 1.52 bits per heavy atom. The van der Waals surface area contributed by atoms with Gasteiger partial charge in [-0.25, -0.2) is 0 Å². The molecule has 0 bridgehead atoms. The summed E-state index contributed by atoms with van der Waals surface area (Å²) < 4.78 is 11.9. The van der Waals surface area contributed by atoms with Gasteiger partial charge in [0.25, 0.3) is 11.8 Å². The summed E-state index contributed by atoms with van der Waals surface area (Å²) in [5.74, 6) is 1.09. The Labute approximate surface area is 180 Å². The van der Waals surface area contributed by atoms with Crippen LogP contribution in [-0.4, -0.2) is 24.5 Å². The topological polar surface area (TPSA) is 76.7 Å². The molecule has 0 saturated carbocycles. The number of rotatable bonds is 8. The summed E-state index contributed by atoms with van der Waals surface area (Å²) in [4.78, 5) is 24.5. The second-order valence-corrected chi connectivity index (χ2v) is 8.13. The van der Waals surface area contributed by atoms with E-state index in [9.17, 15) is 9.59 Å². The molecule has 7 heteroatoms. The SMILES string of the molecule is CC(C)CCOc1ccc(C(=O)NNC(=O)c2ccc(OC(C)C)c(Br)c2)cc1. The fourth-order valence-corrected chi connectivity index (χ4v) is 2.84. The van der Waals surface area contributed by atoms with Crippen LogP contribution in [0.15, 0.2) is 46.9 Å². The zero-order chi connectivity index (χ0) is 21.4. The van der Waals surface area contributed by atoms with Gasteiger partial charge in [0, 0.05) is 11.1 Å². The van der Waals surface area contributed by atoms with Gasteiger partial charge in [0.05, 0.1) is 17.2 Å². The van der Waals surface area contributed by atoms with Crippen LogP contribution in [0.5, 0.6) is 11.5 Å². The minimum atomic E-state index is -0.427. The Hall–Kier alpha value is -2.54. The zero-order valence-corrected chi connectivity index (χ0v) is 18.7. The minimum Gasteiger partial charge on any atom is -0.494 e. The summed E-state index contributed by atoms with van der Waals surface area (Å²) >= 11 is 3.39. The first-order chi connectivity index (χ1) is 13.8. The highest BCUT2D eigenvalue weighted by Gasteiger charge is 2.12. The van der Waals surface area contributed by atoms with Crippen molar-refractivity contribution in [1.82, 2.24) is 10.9 Å². The molecule has 156 valence electrons. The van der Waals surface area contributed by atoms with E-state index in [1.807, 2.05) is 13.8 Å². The van der Waals surface area contributed by atoms with Crippen LogP contribution in [0.25, 0.3) is 0 Å². The Balaban J connectivity index is 1.88. The minimum absolute atomic E-state index is 0.0252. The summed E-state index contributed by atoms with van der Waals surface area (Å²) in [5, 5.41) is 0. The molecule has 2 rings (SSSR count). The number of ether oxygens (including phenoxy) is 2. The quantitative estimate of drug-likeness (QED) is 0.555. The van der Waals surface area contributed by atoms with Crippen LogP contribution in [-0.2, 0) is 0 Å². The van der Waals surface area contributed by atoms with E-state index in [-0.39, 0.29) is 6.10 Å². The van der Waals surface area contributed by atoms with Crippen molar-refractivity contribution in [1.29, 1.82) is 0 Å². The monoisotopic (exact) mass is 462 g/mol. The van der Waals surface area contributed by atoms with Crippen LogP contribution in [0, 0.1) is 5.92 Å².